The van der Waals surface area contributed by atoms with E-state index in [1.54, 1.807) is 37.6 Å². The Bertz CT molecular complexity index is 706. The Morgan fingerprint density at radius 3 is 2.79 bits per heavy atom. The lowest BCUT2D eigenvalue weighted by Gasteiger charge is -2.19. The molecule has 1 heterocycles. The van der Waals surface area contributed by atoms with Gasteiger partial charge in [-0.2, -0.15) is 0 Å². The smallest absolute Gasteiger partial charge is 0.274 e. The predicted octanol–water partition coefficient (Wildman–Crippen LogP) is 4.23. The molecule has 5 nitrogen and oxygen atoms in total. The fourth-order valence-electron chi connectivity index (χ4n) is 2.24. The molecule has 0 saturated carbocycles. The van der Waals surface area contributed by atoms with Crippen molar-refractivity contribution >= 4 is 28.9 Å². The number of rotatable bonds is 7. The summed E-state index contributed by atoms with van der Waals surface area (Å²) >= 11 is 6.08. The number of amides is 1. The molecule has 1 amide bonds. The first-order chi connectivity index (χ1) is 11.5. The van der Waals surface area contributed by atoms with Gasteiger partial charge in [-0.3, -0.25) is 9.78 Å². The van der Waals surface area contributed by atoms with Crippen LogP contribution >= 0.6 is 11.6 Å². The third kappa shape index (κ3) is 4.61. The van der Waals surface area contributed by atoms with E-state index in [-0.39, 0.29) is 5.91 Å². The van der Waals surface area contributed by atoms with Crippen molar-refractivity contribution in [3.8, 4) is 5.75 Å². The summed E-state index contributed by atoms with van der Waals surface area (Å²) < 4.78 is 5.10. The number of carbonyl (C=O) groups is 1. The Morgan fingerprint density at radius 1 is 1.33 bits per heavy atom. The topological polar surface area (TPSA) is 54.5 Å². The summed E-state index contributed by atoms with van der Waals surface area (Å²) in [5, 5.41) is 3.24. The molecule has 0 aliphatic heterocycles. The Labute approximate surface area is 147 Å². The average Bonchev–Trinajstić information content (AvgIpc) is 2.60. The van der Waals surface area contributed by atoms with Crippen molar-refractivity contribution in [1.82, 2.24) is 4.98 Å². The molecule has 6 heteroatoms. The van der Waals surface area contributed by atoms with Crippen LogP contribution in [0.1, 0.15) is 30.3 Å². The van der Waals surface area contributed by atoms with E-state index in [1.165, 1.54) is 0 Å². The Morgan fingerprint density at radius 2 is 2.12 bits per heavy atom. The molecule has 1 aromatic heterocycles. The zero-order valence-corrected chi connectivity index (χ0v) is 14.9. The standard InChI is InChI=1S/C18H22ClN3O2/c1-4-5-10-22(2)14-8-9-20-16(12-14)18(23)21-13-6-7-17(24-3)15(19)11-13/h6-9,11-12H,4-5,10H2,1-3H3,(H,21,23). The second-order valence-corrected chi connectivity index (χ2v) is 5.89. The molecule has 1 N–H and O–H groups in total. The first-order valence-electron chi connectivity index (χ1n) is 7.87. The molecule has 0 spiro atoms. The molecule has 0 aliphatic rings. The highest BCUT2D eigenvalue weighted by Crippen LogP contribution is 2.27. The van der Waals surface area contributed by atoms with E-state index >= 15 is 0 Å². The number of ether oxygens (including phenoxy) is 1. The highest BCUT2D eigenvalue weighted by atomic mass is 35.5. The minimum atomic E-state index is -0.276. The number of pyridine rings is 1. The number of aromatic nitrogens is 1. The normalized spacial score (nSPS) is 10.3. The summed E-state index contributed by atoms with van der Waals surface area (Å²) in [6.07, 6.45) is 3.87. The molecule has 0 bridgehead atoms. The fraction of sp³-hybridized carbons (Fsp3) is 0.333. The lowest BCUT2D eigenvalue weighted by Crippen LogP contribution is -2.20. The van der Waals surface area contributed by atoms with Gasteiger partial charge in [0, 0.05) is 31.2 Å². The summed E-state index contributed by atoms with van der Waals surface area (Å²) in [5.41, 5.74) is 1.93. The van der Waals surface area contributed by atoms with Crippen LogP contribution in [0.2, 0.25) is 5.02 Å². The Hall–Kier alpha value is -2.27. The quantitative estimate of drug-likeness (QED) is 0.814. The van der Waals surface area contributed by atoms with Gasteiger partial charge in [0.05, 0.1) is 12.1 Å². The van der Waals surface area contributed by atoms with Crippen molar-refractivity contribution in [2.45, 2.75) is 19.8 Å². The zero-order valence-electron chi connectivity index (χ0n) is 14.2. The van der Waals surface area contributed by atoms with E-state index in [2.05, 4.69) is 22.1 Å². The van der Waals surface area contributed by atoms with Gasteiger partial charge in [0.15, 0.2) is 0 Å². The third-order valence-electron chi connectivity index (χ3n) is 3.67. The molecule has 0 unspecified atom stereocenters. The summed E-state index contributed by atoms with van der Waals surface area (Å²) in [6.45, 7) is 3.09. The summed E-state index contributed by atoms with van der Waals surface area (Å²) in [6, 6.07) is 8.78. The van der Waals surface area contributed by atoms with Crippen LogP contribution in [0, 0.1) is 0 Å². The summed E-state index contributed by atoms with van der Waals surface area (Å²) in [4.78, 5) is 18.7. The van der Waals surface area contributed by atoms with Crippen molar-refractivity contribution in [2.24, 2.45) is 0 Å². The van der Waals surface area contributed by atoms with Gasteiger partial charge in [0.1, 0.15) is 11.4 Å². The van der Waals surface area contributed by atoms with Crippen LogP contribution in [0.3, 0.4) is 0 Å². The first-order valence-corrected chi connectivity index (χ1v) is 8.25. The molecule has 24 heavy (non-hydrogen) atoms. The predicted molar refractivity (Wildman–Crippen MR) is 98.4 cm³/mol. The lowest BCUT2D eigenvalue weighted by molar-refractivity contribution is 0.102. The van der Waals surface area contributed by atoms with Crippen molar-refractivity contribution in [1.29, 1.82) is 0 Å². The highest BCUT2D eigenvalue weighted by molar-refractivity contribution is 6.32. The first kappa shape index (κ1) is 18.1. The number of hydrogen-bond acceptors (Lipinski definition) is 4. The summed E-state index contributed by atoms with van der Waals surface area (Å²) in [5.74, 6) is 0.286. The van der Waals surface area contributed by atoms with Crippen LogP contribution < -0.4 is 15.0 Å². The van der Waals surface area contributed by atoms with Gasteiger partial charge in [-0.05, 0) is 36.8 Å². The largest absolute Gasteiger partial charge is 0.495 e. The average molecular weight is 348 g/mol. The molecule has 2 aromatic rings. The van der Waals surface area contributed by atoms with Crippen LogP contribution in [0.15, 0.2) is 36.5 Å². The number of anilines is 2. The number of nitrogens with one attached hydrogen (secondary N) is 1. The number of halogens is 1. The van der Waals surface area contributed by atoms with Gasteiger partial charge >= 0.3 is 0 Å². The van der Waals surface area contributed by atoms with E-state index in [0.29, 0.717) is 22.2 Å². The number of benzene rings is 1. The van der Waals surface area contributed by atoms with Crippen LogP contribution in [0.5, 0.6) is 5.75 Å². The van der Waals surface area contributed by atoms with Crippen LogP contribution in [0.25, 0.3) is 0 Å². The molecule has 2 rings (SSSR count). The van der Waals surface area contributed by atoms with Crippen molar-refractivity contribution in [3.05, 3.63) is 47.2 Å². The zero-order chi connectivity index (χ0) is 17.5. The number of carbonyl (C=O) groups excluding carboxylic acids is 1. The fourth-order valence-corrected chi connectivity index (χ4v) is 2.50. The Balaban J connectivity index is 2.11. The van der Waals surface area contributed by atoms with Crippen molar-refractivity contribution < 1.29 is 9.53 Å². The van der Waals surface area contributed by atoms with E-state index in [1.807, 2.05) is 13.1 Å². The van der Waals surface area contributed by atoms with E-state index in [9.17, 15) is 4.79 Å². The second kappa shape index (κ2) is 8.55. The molecule has 0 aliphatic carbocycles. The molecule has 0 atom stereocenters. The number of unbranched alkanes of at least 4 members (excludes halogenated alkanes) is 1. The molecule has 1 aromatic carbocycles. The van der Waals surface area contributed by atoms with E-state index in [4.69, 9.17) is 16.3 Å². The molecular weight excluding hydrogens is 326 g/mol. The van der Waals surface area contributed by atoms with Gasteiger partial charge in [0.25, 0.3) is 5.91 Å². The van der Waals surface area contributed by atoms with Gasteiger partial charge in [0.2, 0.25) is 0 Å². The van der Waals surface area contributed by atoms with Gasteiger partial charge in [-0.25, -0.2) is 0 Å². The van der Waals surface area contributed by atoms with Crippen LogP contribution in [-0.2, 0) is 0 Å². The number of nitrogens with zero attached hydrogens (tertiary/aromatic N) is 2. The van der Waals surface area contributed by atoms with Crippen LogP contribution in [0.4, 0.5) is 11.4 Å². The SMILES string of the molecule is CCCCN(C)c1ccnc(C(=O)Nc2ccc(OC)c(Cl)c2)c1. The minimum absolute atomic E-state index is 0.276. The molecule has 0 fully saturated rings. The minimum Gasteiger partial charge on any atom is -0.495 e. The van der Waals surface area contributed by atoms with E-state index in [0.717, 1.165) is 25.1 Å². The maximum atomic E-state index is 12.4. The van der Waals surface area contributed by atoms with Gasteiger partial charge in [-0.1, -0.05) is 24.9 Å². The monoisotopic (exact) mass is 347 g/mol. The van der Waals surface area contributed by atoms with Gasteiger partial charge < -0.3 is 15.0 Å². The maximum absolute atomic E-state index is 12.4. The molecular formula is C18H22ClN3O2. The van der Waals surface area contributed by atoms with Crippen LogP contribution in [-0.4, -0.2) is 31.6 Å². The Kier molecular flexibility index (Phi) is 6.44. The lowest BCUT2D eigenvalue weighted by atomic mass is 10.2. The number of methoxy groups -OCH3 is 1. The van der Waals surface area contributed by atoms with Gasteiger partial charge in [-0.15, -0.1) is 0 Å². The molecule has 0 saturated heterocycles. The van der Waals surface area contributed by atoms with Crippen molar-refractivity contribution in [3.63, 3.8) is 0 Å². The molecule has 0 radical (unpaired) electrons. The number of hydrogen-bond donors (Lipinski definition) is 1. The third-order valence-corrected chi connectivity index (χ3v) is 3.97. The van der Waals surface area contributed by atoms with Crippen molar-refractivity contribution in [2.75, 3.05) is 30.9 Å². The summed E-state index contributed by atoms with van der Waals surface area (Å²) in [7, 11) is 3.56. The maximum Gasteiger partial charge on any atom is 0.274 e. The molecule has 128 valence electrons. The second-order valence-electron chi connectivity index (χ2n) is 5.48. The van der Waals surface area contributed by atoms with E-state index < -0.39 is 0 Å². The highest BCUT2D eigenvalue weighted by Gasteiger charge is 2.11.